The summed E-state index contributed by atoms with van der Waals surface area (Å²) < 4.78 is 0. The first-order valence-electron chi connectivity index (χ1n) is 4.17. The van der Waals surface area contributed by atoms with Crippen molar-refractivity contribution in [1.29, 1.82) is 0 Å². The average molecular weight is 260 g/mol. The normalized spacial score (nSPS) is 10.3. The van der Waals surface area contributed by atoms with Crippen LogP contribution in [-0.4, -0.2) is 17.2 Å². The first-order valence-corrected chi connectivity index (χ1v) is 5.74. The third-order valence-electron chi connectivity index (χ3n) is 1.80. The average Bonchev–Trinajstić information content (AvgIpc) is 2.70. The zero-order valence-electron chi connectivity index (χ0n) is 7.79. The van der Waals surface area contributed by atoms with Gasteiger partial charge < -0.3 is 5.32 Å². The van der Waals surface area contributed by atoms with E-state index in [-0.39, 0.29) is 0 Å². The Morgan fingerprint density at radius 3 is 2.73 bits per heavy atom. The van der Waals surface area contributed by atoms with Gasteiger partial charge in [-0.15, -0.1) is 10.2 Å². The molecule has 0 aliphatic heterocycles. The molecule has 0 fully saturated rings. The lowest BCUT2D eigenvalue weighted by atomic mass is 10.2. The van der Waals surface area contributed by atoms with Gasteiger partial charge in [0.25, 0.3) is 0 Å². The summed E-state index contributed by atoms with van der Waals surface area (Å²) in [5.74, 6) is 0. The zero-order valence-corrected chi connectivity index (χ0v) is 10.1. The van der Waals surface area contributed by atoms with Gasteiger partial charge in [0.05, 0.1) is 5.02 Å². The number of hydrogen-bond acceptors (Lipinski definition) is 4. The van der Waals surface area contributed by atoms with Gasteiger partial charge in [0.1, 0.15) is 0 Å². The van der Waals surface area contributed by atoms with Gasteiger partial charge in [-0.2, -0.15) is 0 Å². The third kappa shape index (κ3) is 2.22. The highest BCUT2D eigenvalue weighted by molar-refractivity contribution is 7.18. The number of halogens is 2. The van der Waals surface area contributed by atoms with Crippen molar-refractivity contribution in [3.05, 3.63) is 28.2 Å². The molecule has 2 aromatic rings. The largest absolute Gasteiger partial charge is 0.363 e. The summed E-state index contributed by atoms with van der Waals surface area (Å²) >= 11 is 13.4. The lowest BCUT2D eigenvalue weighted by Crippen LogP contribution is -1.84. The molecule has 2 rings (SSSR count). The van der Waals surface area contributed by atoms with Gasteiger partial charge >= 0.3 is 0 Å². The molecule has 0 saturated heterocycles. The number of hydrogen-bond donors (Lipinski definition) is 1. The second-order valence-corrected chi connectivity index (χ2v) is 4.61. The number of nitrogens with zero attached hydrogens (tertiary/aromatic N) is 2. The number of aromatic nitrogens is 2. The van der Waals surface area contributed by atoms with Crippen molar-refractivity contribution in [1.82, 2.24) is 10.2 Å². The van der Waals surface area contributed by atoms with E-state index in [1.54, 1.807) is 25.2 Å². The fourth-order valence-electron chi connectivity index (χ4n) is 1.09. The molecule has 1 N–H and O–H groups in total. The van der Waals surface area contributed by atoms with E-state index < -0.39 is 0 Å². The standard InChI is InChI=1S/C9H7Cl2N3S/c1-12-9-14-13-8(15-9)6-4-5(10)2-3-7(6)11/h2-4H,1H3,(H,12,14). The predicted molar refractivity (Wildman–Crippen MR) is 64.9 cm³/mol. The van der Waals surface area contributed by atoms with E-state index in [4.69, 9.17) is 23.2 Å². The Hall–Kier alpha value is -0.840. The molecular formula is C9H7Cl2N3S. The Labute approximate surface area is 101 Å². The van der Waals surface area contributed by atoms with Gasteiger partial charge in [0.15, 0.2) is 5.01 Å². The van der Waals surface area contributed by atoms with Crippen molar-refractivity contribution < 1.29 is 0 Å². The first-order chi connectivity index (χ1) is 7.20. The molecule has 6 heteroatoms. The van der Waals surface area contributed by atoms with Gasteiger partial charge in [-0.25, -0.2) is 0 Å². The predicted octanol–water partition coefficient (Wildman–Crippen LogP) is 3.55. The fraction of sp³-hybridized carbons (Fsp3) is 0.111. The van der Waals surface area contributed by atoms with Gasteiger partial charge in [0.2, 0.25) is 5.13 Å². The van der Waals surface area contributed by atoms with Gasteiger partial charge in [0, 0.05) is 17.6 Å². The molecule has 0 amide bonds. The van der Waals surface area contributed by atoms with E-state index in [2.05, 4.69) is 15.5 Å². The van der Waals surface area contributed by atoms with Crippen LogP contribution in [0.25, 0.3) is 10.6 Å². The van der Waals surface area contributed by atoms with Crippen molar-refractivity contribution >= 4 is 39.7 Å². The molecule has 15 heavy (non-hydrogen) atoms. The van der Waals surface area contributed by atoms with E-state index in [1.165, 1.54) is 11.3 Å². The number of nitrogens with one attached hydrogen (secondary N) is 1. The Kier molecular flexibility index (Phi) is 3.09. The summed E-state index contributed by atoms with van der Waals surface area (Å²) in [6.45, 7) is 0. The Bertz CT molecular complexity index is 484. The van der Waals surface area contributed by atoms with Crippen molar-refractivity contribution in [3.63, 3.8) is 0 Å². The van der Waals surface area contributed by atoms with Crippen LogP contribution in [0.5, 0.6) is 0 Å². The zero-order chi connectivity index (χ0) is 10.8. The van der Waals surface area contributed by atoms with Crippen LogP contribution in [0.1, 0.15) is 0 Å². The molecular weight excluding hydrogens is 253 g/mol. The summed E-state index contributed by atoms with van der Waals surface area (Å²) in [7, 11) is 1.80. The molecule has 0 atom stereocenters. The highest BCUT2D eigenvalue weighted by Crippen LogP contribution is 2.33. The third-order valence-corrected chi connectivity index (χ3v) is 3.34. The van der Waals surface area contributed by atoms with Gasteiger partial charge in [-0.05, 0) is 18.2 Å². The van der Waals surface area contributed by atoms with Crippen molar-refractivity contribution in [2.75, 3.05) is 12.4 Å². The van der Waals surface area contributed by atoms with Crippen LogP contribution in [-0.2, 0) is 0 Å². The Morgan fingerprint density at radius 2 is 2.07 bits per heavy atom. The molecule has 1 aromatic carbocycles. The second-order valence-electron chi connectivity index (χ2n) is 2.79. The van der Waals surface area contributed by atoms with Crippen LogP contribution in [0.2, 0.25) is 10.0 Å². The summed E-state index contributed by atoms with van der Waals surface area (Å²) in [6, 6.07) is 5.27. The fourth-order valence-corrected chi connectivity index (χ4v) is 2.26. The molecule has 1 heterocycles. The maximum absolute atomic E-state index is 6.04. The van der Waals surface area contributed by atoms with Crippen LogP contribution in [0.4, 0.5) is 5.13 Å². The van der Waals surface area contributed by atoms with Gasteiger partial charge in [-0.3, -0.25) is 0 Å². The molecule has 0 saturated carbocycles. The first kappa shape index (κ1) is 10.7. The highest BCUT2D eigenvalue weighted by atomic mass is 35.5. The summed E-state index contributed by atoms with van der Waals surface area (Å²) in [4.78, 5) is 0. The number of benzene rings is 1. The summed E-state index contributed by atoms with van der Waals surface area (Å²) in [5.41, 5.74) is 0.808. The SMILES string of the molecule is CNc1nnc(-c2cc(Cl)ccc2Cl)s1. The minimum Gasteiger partial charge on any atom is -0.363 e. The molecule has 1 aromatic heterocycles. The smallest absolute Gasteiger partial charge is 0.205 e. The lowest BCUT2D eigenvalue weighted by Gasteiger charge is -1.99. The molecule has 0 unspecified atom stereocenters. The maximum Gasteiger partial charge on any atom is 0.205 e. The van der Waals surface area contributed by atoms with E-state index >= 15 is 0 Å². The molecule has 0 aliphatic rings. The van der Waals surface area contributed by atoms with E-state index in [0.29, 0.717) is 10.0 Å². The molecule has 0 radical (unpaired) electrons. The molecule has 78 valence electrons. The maximum atomic E-state index is 6.04. The van der Waals surface area contributed by atoms with Crippen LogP contribution >= 0.6 is 34.5 Å². The number of anilines is 1. The summed E-state index contributed by atoms with van der Waals surface area (Å²) in [6.07, 6.45) is 0. The Balaban J connectivity index is 2.48. The van der Waals surface area contributed by atoms with Crippen molar-refractivity contribution in [3.8, 4) is 10.6 Å². The minimum atomic E-state index is 0.623. The van der Waals surface area contributed by atoms with Gasteiger partial charge in [-0.1, -0.05) is 34.5 Å². The van der Waals surface area contributed by atoms with Crippen LogP contribution in [0.15, 0.2) is 18.2 Å². The van der Waals surface area contributed by atoms with Crippen molar-refractivity contribution in [2.24, 2.45) is 0 Å². The second kappa shape index (κ2) is 4.35. The topological polar surface area (TPSA) is 37.8 Å². The molecule has 3 nitrogen and oxygen atoms in total. The minimum absolute atomic E-state index is 0.623. The lowest BCUT2D eigenvalue weighted by molar-refractivity contribution is 1.09. The molecule has 0 aliphatic carbocycles. The van der Waals surface area contributed by atoms with Crippen LogP contribution in [0.3, 0.4) is 0 Å². The van der Waals surface area contributed by atoms with E-state index in [9.17, 15) is 0 Å². The summed E-state index contributed by atoms with van der Waals surface area (Å²) in [5, 5.41) is 13.6. The van der Waals surface area contributed by atoms with Crippen LogP contribution < -0.4 is 5.32 Å². The van der Waals surface area contributed by atoms with E-state index in [0.717, 1.165) is 15.7 Å². The molecule has 0 spiro atoms. The highest BCUT2D eigenvalue weighted by Gasteiger charge is 2.09. The Morgan fingerprint density at radius 1 is 1.27 bits per heavy atom. The number of rotatable bonds is 2. The quantitative estimate of drug-likeness (QED) is 0.897. The van der Waals surface area contributed by atoms with Crippen molar-refractivity contribution in [2.45, 2.75) is 0 Å². The van der Waals surface area contributed by atoms with E-state index in [1.807, 2.05) is 0 Å². The van der Waals surface area contributed by atoms with Crippen LogP contribution in [0, 0.1) is 0 Å². The molecule has 0 bridgehead atoms. The monoisotopic (exact) mass is 259 g/mol.